The highest BCUT2D eigenvalue weighted by atomic mass is 16.1. The number of amides is 1. The van der Waals surface area contributed by atoms with E-state index in [1.807, 2.05) is 12.1 Å². The summed E-state index contributed by atoms with van der Waals surface area (Å²) in [6, 6.07) is 20.9. The lowest BCUT2D eigenvalue weighted by Gasteiger charge is -2.18. The number of carbonyl (C=O) groups excluding carboxylic acids is 1. The van der Waals surface area contributed by atoms with Gasteiger partial charge < -0.3 is 5.32 Å². The van der Waals surface area contributed by atoms with Crippen LogP contribution in [0, 0.1) is 0 Å². The molecule has 0 fully saturated rings. The van der Waals surface area contributed by atoms with Crippen LogP contribution in [0.25, 0.3) is 0 Å². The van der Waals surface area contributed by atoms with Crippen LogP contribution < -0.4 is 5.32 Å². The van der Waals surface area contributed by atoms with E-state index in [1.165, 1.54) is 17.5 Å². The Hall–Kier alpha value is -2.95. The van der Waals surface area contributed by atoms with Crippen molar-refractivity contribution in [2.24, 2.45) is 0 Å². The molecule has 0 saturated carbocycles. The average Bonchev–Trinajstić information content (AvgIpc) is 3.19. The average molecular weight is 334 g/mol. The van der Waals surface area contributed by atoms with E-state index < -0.39 is 0 Å². The minimum atomic E-state index is 0.0374. The Bertz CT molecular complexity index is 717. The molecule has 3 rings (SSSR count). The lowest BCUT2D eigenvalue weighted by Crippen LogP contribution is -2.26. The first kappa shape index (κ1) is 16.9. The van der Waals surface area contributed by atoms with E-state index in [0.29, 0.717) is 19.5 Å². The molecule has 5 nitrogen and oxygen atoms in total. The topological polar surface area (TPSA) is 59.8 Å². The number of nitrogens with one attached hydrogen (secondary N) is 1. The maximum atomic E-state index is 12.0. The highest BCUT2D eigenvalue weighted by molar-refractivity contribution is 5.75. The molecule has 0 spiro atoms. The van der Waals surface area contributed by atoms with Gasteiger partial charge in [0.25, 0.3) is 0 Å². The zero-order valence-electron chi connectivity index (χ0n) is 14.1. The van der Waals surface area contributed by atoms with Crippen LogP contribution in [-0.4, -0.2) is 27.2 Å². The first-order chi connectivity index (χ1) is 12.3. The van der Waals surface area contributed by atoms with Crippen molar-refractivity contribution in [2.75, 3.05) is 6.54 Å². The van der Waals surface area contributed by atoms with Gasteiger partial charge in [-0.1, -0.05) is 60.7 Å². The molecule has 0 aliphatic rings. The number of aromatic nitrogens is 3. The van der Waals surface area contributed by atoms with Gasteiger partial charge in [-0.3, -0.25) is 9.48 Å². The second kappa shape index (κ2) is 8.78. The second-order valence-corrected chi connectivity index (χ2v) is 5.92. The van der Waals surface area contributed by atoms with E-state index in [4.69, 9.17) is 0 Å². The van der Waals surface area contributed by atoms with Gasteiger partial charge in [0, 0.05) is 18.9 Å². The highest BCUT2D eigenvalue weighted by Crippen LogP contribution is 2.27. The molecule has 0 atom stereocenters. The molecule has 128 valence electrons. The van der Waals surface area contributed by atoms with Gasteiger partial charge in [-0.25, -0.2) is 4.98 Å². The van der Waals surface area contributed by atoms with Crippen molar-refractivity contribution in [1.29, 1.82) is 0 Å². The Kier molecular flexibility index (Phi) is 5.93. The molecule has 0 aliphatic carbocycles. The van der Waals surface area contributed by atoms with Gasteiger partial charge in [0.15, 0.2) is 0 Å². The molecule has 1 N–H and O–H groups in total. The van der Waals surface area contributed by atoms with Crippen LogP contribution in [0.5, 0.6) is 0 Å². The summed E-state index contributed by atoms with van der Waals surface area (Å²) in [4.78, 5) is 15.9. The predicted octanol–water partition coefficient (Wildman–Crippen LogP) is 3.01. The van der Waals surface area contributed by atoms with Crippen LogP contribution >= 0.6 is 0 Å². The minimum absolute atomic E-state index is 0.0374. The summed E-state index contributed by atoms with van der Waals surface area (Å²) < 4.78 is 1.66. The van der Waals surface area contributed by atoms with Gasteiger partial charge in [0.05, 0.1) is 6.54 Å². The number of aryl methyl sites for hydroxylation is 1. The molecule has 0 bridgehead atoms. The van der Waals surface area contributed by atoms with Gasteiger partial charge in [0.1, 0.15) is 12.7 Å². The molecule has 0 aliphatic heterocycles. The molecule has 25 heavy (non-hydrogen) atoms. The summed E-state index contributed by atoms with van der Waals surface area (Å²) >= 11 is 0. The van der Waals surface area contributed by atoms with Gasteiger partial charge >= 0.3 is 0 Å². The molecule has 0 saturated heterocycles. The highest BCUT2D eigenvalue weighted by Gasteiger charge is 2.14. The van der Waals surface area contributed by atoms with Crippen molar-refractivity contribution in [3.63, 3.8) is 0 Å². The zero-order chi connectivity index (χ0) is 17.3. The Morgan fingerprint density at radius 2 is 1.64 bits per heavy atom. The van der Waals surface area contributed by atoms with Crippen molar-refractivity contribution in [1.82, 2.24) is 20.1 Å². The largest absolute Gasteiger partial charge is 0.356 e. The Morgan fingerprint density at radius 1 is 1.00 bits per heavy atom. The number of carbonyl (C=O) groups is 1. The standard InChI is InChI=1S/C20H22N4O/c25-20(12-14-24-16-21-15-23-24)22-13-11-19(17-7-3-1-4-8-17)18-9-5-2-6-10-18/h1-10,15-16,19H,11-14H2,(H,22,25). The number of benzene rings is 2. The maximum absolute atomic E-state index is 12.0. The van der Waals surface area contributed by atoms with E-state index in [9.17, 15) is 4.79 Å². The van der Waals surface area contributed by atoms with Crippen LogP contribution in [0.4, 0.5) is 0 Å². The molecule has 5 heteroatoms. The Balaban J connectivity index is 1.55. The zero-order valence-corrected chi connectivity index (χ0v) is 14.1. The number of rotatable bonds is 8. The molecule has 1 heterocycles. The summed E-state index contributed by atoms with van der Waals surface area (Å²) in [5.41, 5.74) is 2.54. The maximum Gasteiger partial charge on any atom is 0.221 e. The second-order valence-electron chi connectivity index (χ2n) is 5.92. The van der Waals surface area contributed by atoms with Crippen molar-refractivity contribution in [3.05, 3.63) is 84.4 Å². The quantitative estimate of drug-likeness (QED) is 0.689. The van der Waals surface area contributed by atoms with Gasteiger partial charge in [-0.05, 0) is 17.5 Å². The van der Waals surface area contributed by atoms with Crippen LogP contribution in [-0.2, 0) is 11.3 Å². The number of nitrogens with zero attached hydrogens (tertiary/aromatic N) is 3. The van der Waals surface area contributed by atoms with E-state index in [-0.39, 0.29) is 11.8 Å². The third-order valence-corrected chi connectivity index (χ3v) is 4.19. The lowest BCUT2D eigenvalue weighted by molar-refractivity contribution is -0.121. The summed E-state index contributed by atoms with van der Waals surface area (Å²) in [5, 5.41) is 7.02. The number of hydrogen-bond acceptors (Lipinski definition) is 3. The smallest absolute Gasteiger partial charge is 0.221 e. The van der Waals surface area contributed by atoms with Crippen molar-refractivity contribution >= 4 is 5.91 Å². The van der Waals surface area contributed by atoms with E-state index >= 15 is 0 Å². The van der Waals surface area contributed by atoms with Gasteiger partial charge in [0.2, 0.25) is 5.91 Å². The molecule has 0 radical (unpaired) electrons. The molecule has 2 aromatic carbocycles. The third kappa shape index (κ3) is 5.01. The summed E-state index contributed by atoms with van der Waals surface area (Å²) in [7, 11) is 0. The molecule has 1 aromatic heterocycles. The van der Waals surface area contributed by atoms with Crippen molar-refractivity contribution < 1.29 is 4.79 Å². The fraction of sp³-hybridized carbons (Fsp3) is 0.250. The minimum Gasteiger partial charge on any atom is -0.356 e. The first-order valence-electron chi connectivity index (χ1n) is 8.52. The summed E-state index contributed by atoms with van der Waals surface area (Å²) in [6.07, 6.45) is 4.37. The molecular formula is C20H22N4O. The van der Waals surface area contributed by atoms with E-state index in [1.54, 1.807) is 11.0 Å². The summed E-state index contributed by atoms with van der Waals surface area (Å²) in [5.74, 6) is 0.313. The van der Waals surface area contributed by atoms with E-state index in [0.717, 1.165) is 6.42 Å². The van der Waals surface area contributed by atoms with Crippen molar-refractivity contribution in [2.45, 2.75) is 25.3 Å². The Labute approximate surface area is 147 Å². The van der Waals surface area contributed by atoms with Gasteiger partial charge in [-0.15, -0.1) is 0 Å². The fourth-order valence-electron chi connectivity index (χ4n) is 2.91. The first-order valence-corrected chi connectivity index (χ1v) is 8.52. The monoisotopic (exact) mass is 334 g/mol. The number of hydrogen-bond donors (Lipinski definition) is 1. The molecule has 1 amide bonds. The summed E-state index contributed by atoms with van der Waals surface area (Å²) in [6.45, 7) is 1.19. The van der Waals surface area contributed by atoms with E-state index in [2.05, 4.69) is 63.9 Å². The molecule has 0 unspecified atom stereocenters. The fourth-order valence-corrected chi connectivity index (χ4v) is 2.91. The van der Waals surface area contributed by atoms with Crippen LogP contribution in [0.2, 0.25) is 0 Å². The van der Waals surface area contributed by atoms with Gasteiger partial charge in [-0.2, -0.15) is 5.10 Å². The van der Waals surface area contributed by atoms with Crippen LogP contribution in [0.3, 0.4) is 0 Å². The molecular weight excluding hydrogens is 312 g/mol. The van der Waals surface area contributed by atoms with Crippen LogP contribution in [0.1, 0.15) is 29.9 Å². The van der Waals surface area contributed by atoms with Crippen LogP contribution in [0.15, 0.2) is 73.3 Å². The molecule has 3 aromatic rings. The predicted molar refractivity (Wildman–Crippen MR) is 97.0 cm³/mol. The SMILES string of the molecule is O=C(CCn1cncn1)NCCC(c1ccccc1)c1ccccc1. The third-order valence-electron chi connectivity index (χ3n) is 4.19. The van der Waals surface area contributed by atoms with Crippen molar-refractivity contribution in [3.8, 4) is 0 Å². The Morgan fingerprint density at radius 3 is 2.20 bits per heavy atom. The normalized spacial score (nSPS) is 10.8. The lowest BCUT2D eigenvalue weighted by atomic mass is 9.88.